The fraction of sp³-hybridized carbons (Fsp3) is 0.467. The summed E-state index contributed by atoms with van der Waals surface area (Å²) in [6, 6.07) is 9.54. The van der Waals surface area contributed by atoms with Crippen LogP contribution in [0.3, 0.4) is 0 Å². The molecule has 0 atom stereocenters. The Kier molecular flexibility index (Phi) is 2.89. The SMILES string of the molecule is NCCc1cccc2ccn(C3CCCC3)c12. The van der Waals surface area contributed by atoms with Gasteiger partial charge in [-0.05, 0) is 42.8 Å². The van der Waals surface area contributed by atoms with Gasteiger partial charge in [0.1, 0.15) is 0 Å². The maximum absolute atomic E-state index is 5.71. The van der Waals surface area contributed by atoms with Gasteiger partial charge < -0.3 is 10.3 Å². The maximum Gasteiger partial charge on any atom is 0.0515 e. The van der Waals surface area contributed by atoms with Gasteiger partial charge >= 0.3 is 0 Å². The first-order valence-corrected chi connectivity index (χ1v) is 6.68. The highest BCUT2D eigenvalue weighted by Crippen LogP contribution is 2.33. The number of nitrogens with zero attached hydrogens (tertiary/aromatic N) is 1. The standard InChI is InChI=1S/C15H20N2/c16-10-8-12-4-3-5-13-9-11-17(15(12)13)14-6-1-2-7-14/h3-5,9,11,14H,1-2,6-8,10,16H2. The van der Waals surface area contributed by atoms with E-state index in [1.807, 2.05) is 0 Å². The van der Waals surface area contributed by atoms with Gasteiger partial charge in [0.15, 0.2) is 0 Å². The minimum atomic E-state index is 0.714. The van der Waals surface area contributed by atoms with E-state index < -0.39 is 0 Å². The van der Waals surface area contributed by atoms with Crippen molar-refractivity contribution in [3.63, 3.8) is 0 Å². The zero-order valence-electron chi connectivity index (χ0n) is 10.2. The lowest BCUT2D eigenvalue weighted by Crippen LogP contribution is -2.07. The highest BCUT2D eigenvalue weighted by Gasteiger charge is 2.18. The Morgan fingerprint density at radius 2 is 2.00 bits per heavy atom. The van der Waals surface area contributed by atoms with Crippen molar-refractivity contribution >= 4 is 10.9 Å². The summed E-state index contributed by atoms with van der Waals surface area (Å²) in [7, 11) is 0. The van der Waals surface area contributed by atoms with Crippen LogP contribution in [0.2, 0.25) is 0 Å². The quantitative estimate of drug-likeness (QED) is 0.859. The summed E-state index contributed by atoms with van der Waals surface area (Å²) in [5.74, 6) is 0. The Labute approximate surface area is 102 Å². The van der Waals surface area contributed by atoms with E-state index in [1.54, 1.807) is 0 Å². The molecule has 2 aromatic rings. The average molecular weight is 228 g/mol. The lowest BCUT2D eigenvalue weighted by atomic mass is 10.1. The van der Waals surface area contributed by atoms with E-state index >= 15 is 0 Å². The van der Waals surface area contributed by atoms with Gasteiger partial charge in [0.05, 0.1) is 5.52 Å². The molecule has 1 fully saturated rings. The number of nitrogens with two attached hydrogens (primary N) is 1. The molecule has 0 radical (unpaired) electrons. The molecular weight excluding hydrogens is 208 g/mol. The molecule has 2 N–H and O–H groups in total. The van der Waals surface area contributed by atoms with Crippen LogP contribution in [0.5, 0.6) is 0 Å². The molecule has 0 spiro atoms. The van der Waals surface area contributed by atoms with Gasteiger partial charge in [0.2, 0.25) is 0 Å². The van der Waals surface area contributed by atoms with Crippen molar-refractivity contribution in [2.45, 2.75) is 38.1 Å². The van der Waals surface area contributed by atoms with Crippen molar-refractivity contribution in [2.75, 3.05) is 6.54 Å². The lowest BCUT2D eigenvalue weighted by molar-refractivity contribution is 0.534. The minimum absolute atomic E-state index is 0.714. The fourth-order valence-corrected chi connectivity index (χ4v) is 3.14. The number of hydrogen-bond acceptors (Lipinski definition) is 1. The first-order valence-electron chi connectivity index (χ1n) is 6.68. The Hall–Kier alpha value is -1.28. The van der Waals surface area contributed by atoms with Crippen molar-refractivity contribution in [1.82, 2.24) is 4.57 Å². The lowest BCUT2D eigenvalue weighted by Gasteiger charge is -2.15. The molecule has 1 aromatic heterocycles. The van der Waals surface area contributed by atoms with Gasteiger partial charge in [-0.3, -0.25) is 0 Å². The second-order valence-electron chi connectivity index (χ2n) is 5.05. The van der Waals surface area contributed by atoms with Crippen LogP contribution in [0.15, 0.2) is 30.5 Å². The fourth-order valence-electron chi connectivity index (χ4n) is 3.14. The summed E-state index contributed by atoms with van der Waals surface area (Å²) in [6.07, 6.45) is 8.67. The van der Waals surface area contributed by atoms with Gasteiger partial charge in [0, 0.05) is 12.2 Å². The predicted octanol–water partition coefficient (Wildman–Crippen LogP) is 3.26. The third kappa shape index (κ3) is 1.87. The van der Waals surface area contributed by atoms with Gasteiger partial charge in [0.25, 0.3) is 0 Å². The van der Waals surface area contributed by atoms with E-state index in [2.05, 4.69) is 35.0 Å². The number of para-hydroxylation sites is 1. The van der Waals surface area contributed by atoms with Crippen LogP contribution in [-0.4, -0.2) is 11.1 Å². The maximum atomic E-state index is 5.71. The first-order chi connectivity index (χ1) is 8.40. The molecule has 1 aliphatic rings. The van der Waals surface area contributed by atoms with Gasteiger partial charge in [-0.25, -0.2) is 0 Å². The monoisotopic (exact) mass is 228 g/mol. The number of hydrogen-bond donors (Lipinski definition) is 1. The summed E-state index contributed by atoms with van der Waals surface area (Å²) >= 11 is 0. The average Bonchev–Trinajstić information content (AvgIpc) is 2.98. The molecule has 0 saturated heterocycles. The molecule has 0 amide bonds. The van der Waals surface area contributed by atoms with Crippen molar-refractivity contribution in [3.8, 4) is 0 Å². The molecule has 0 aliphatic heterocycles. The summed E-state index contributed by atoms with van der Waals surface area (Å²) in [6.45, 7) is 0.731. The molecule has 1 aliphatic carbocycles. The second kappa shape index (κ2) is 4.53. The summed E-state index contributed by atoms with van der Waals surface area (Å²) in [5, 5.41) is 1.36. The highest BCUT2D eigenvalue weighted by atomic mass is 15.0. The molecule has 0 unspecified atom stereocenters. The zero-order chi connectivity index (χ0) is 11.7. The van der Waals surface area contributed by atoms with Crippen LogP contribution in [0.4, 0.5) is 0 Å². The molecule has 1 saturated carbocycles. The molecule has 1 heterocycles. The van der Waals surface area contributed by atoms with Crippen LogP contribution < -0.4 is 5.73 Å². The van der Waals surface area contributed by atoms with Gasteiger partial charge in [-0.1, -0.05) is 31.0 Å². The summed E-state index contributed by atoms with van der Waals surface area (Å²) < 4.78 is 2.49. The van der Waals surface area contributed by atoms with Crippen molar-refractivity contribution in [1.29, 1.82) is 0 Å². The number of fused-ring (bicyclic) bond motifs is 1. The molecular formula is C15H20N2. The smallest absolute Gasteiger partial charge is 0.0515 e. The van der Waals surface area contributed by atoms with E-state index in [9.17, 15) is 0 Å². The van der Waals surface area contributed by atoms with Crippen LogP contribution >= 0.6 is 0 Å². The molecule has 0 bridgehead atoms. The Bertz CT molecular complexity index is 507. The van der Waals surface area contributed by atoms with Gasteiger partial charge in [-0.15, -0.1) is 0 Å². The molecule has 90 valence electrons. The molecule has 2 heteroatoms. The largest absolute Gasteiger partial charge is 0.344 e. The second-order valence-corrected chi connectivity index (χ2v) is 5.05. The van der Waals surface area contributed by atoms with Crippen molar-refractivity contribution < 1.29 is 0 Å². The molecule has 1 aromatic carbocycles. The van der Waals surface area contributed by atoms with Crippen LogP contribution in [0, 0.1) is 0 Å². The molecule has 2 nitrogen and oxygen atoms in total. The van der Waals surface area contributed by atoms with E-state index in [4.69, 9.17) is 5.73 Å². The van der Waals surface area contributed by atoms with Crippen LogP contribution in [0.25, 0.3) is 10.9 Å². The third-order valence-corrected chi connectivity index (χ3v) is 3.96. The minimum Gasteiger partial charge on any atom is -0.344 e. The van der Waals surface area contributed by atoms with E-state index in [0.717, 1.165) is 13.0 Å². The predicted molar refractivity (Wildman–Crippen MR) is 72.2 cm³/mol. The molecule has 3 rings (SSSR count). The number of rotatable bonds is 3. The normalized spacial score (nSPS) is 17.0. The van der Waals surface area contributed by atoms with Crippen LogP contribution in [0.1, 0.15) is 37.3 Å². The van der Waals surface area contributed by atoms with Crippen LogP contribution in [-0.2, 0) is 6.42 Å². The first kappa shape index (κ1) is 10.8. The van der Waals surface area contributed by atoms with Gasteiger partial charge in [-0.2, -0.15) is 0 Å². The Morgan fingerprint density at radius 3 is 2.76 bits per heavy atom. The van der Waals surface area contributed by atoms with E-state index in [0.29, 0.717) is 6.04 Å². The zero-order valence-corrected chi connectivity index (χ0v) is 10.2. The summed E-state index contributed by atoms with van der Waals surface area (Å²) in [5.41, 5.74) is 8.54. The number of aromatic nitrogens is 1. The Morgan fingerprint density at radius 1 is 1.18 bits per heavy atom. The Balaban J connectivity index is 2.11. The third-order valence-electron chi connectivity index (χ3n) is 3.96. The van der Waals surface area contributed by atoms with E-state index in [1.165, 1.54) is 42.1 Å². The van der Waals surface area contributed by atoms with Crippen molar-refractivity contribution in [3.05, 3.63) is 36.0 Å². The van der Waals surface area contributed by atoms with Crippen molar-refractivity contribution in [2.24, 2.45) is 5.73 Å². The highest BCUT2D eigenvalue weighted by molar-refractivity contribution is 5.83. The van der Waals surface area contributed by atoms with E-state index in [-0.39, 0.29) is 0 Å². The summed E-state index contributed by atoms with van der Waals surface area (Å²) in [4.78, 5) is 0. The molecule has 17 heavy (non-hydrogen) atoms. The topological polar surface area (TPSA) is 30.9 Å². The number of benzene rings is 1.